The smallest absolute Gasteiger partial charge is 0.255 e. The molecule has 6 heteroatoms. The highest BCUT2D eigenvalue weighted by Gasteiger charge is 2.33. The number of ether oxygens (including phenoxy) is 1. The second kappa shape index (κ2) is 6.75. The van der Waals surface area contributed by atoms with Crippen LogP contribution in [0.3, 0.4) is 0 Å². The molecule has 3 rings (SSSR count). The first-order valence-electron chi connectivity index (χ1n) is 8.31. The summed E-state index contributed by atoms with van der Waals surface area (Å²) in [5, 5.41) is 11.4. The molecule has 1 aromatic heterocycles. The number of halogens is 1. The van der Waals surface area contributed by atoms with Gasteiger partial charge in [0.25, 0.3) is 5.56 Å². The quantitative estimate of drug-likeness (QED) is 0.791. The van der Waals surface area contributed by atoms with Crippen LogP contribution in [0.4, 0.5) is 0 Å². The Kier molecular flexibility index (Phi) is 4.85. The minimum atomic E-state index is -0.388. The van der Waals surface area contributed by atoms with E-state index in [1.165, 1.54) is 0 Å². The van der Waals surface area contributed by atoms with E-state index in [1.54, 1.807) is 19.2 Å². The van der Waals surface area contributed by atoms with Gasteiger partial charge < -0.3 is 20.6 Å². The standard InChI is InChI=1S/C18H23ClN2O3/c1-11(22)10-18(20)5-2-13(3-6-18)24-16-8-12-4-7-21-17(23)14(12)9-15(16)19/h4,7-9,11,13,22H,2-3,5-6,10,20H2,1H3,(H,21,23). The molecule has 0 radical (unpaired) electrons. The van der Waals surface area contributed by atoms with Gasteiger partial charge in [0.15, 0.2) is 0 Å². The van der Waals surface area contributed by atoms with Crippen molar-refractivity contribution in [3.8, 4) is 5.75 Å². The third kappa shape index (κ3) is 3.74. The number of nitrogens with two attached hydrogens (primary N) is 1. The summed E-state index contributed by atoms with van der Waals surface area (Å²) < 4.78 is 6.07. The van der Waals surface area contributed by atoms with Gasteiger partial charge in [-0.25, -0.2) is 0 Å². The van der Waals surface area contributed by atoms with Crippen molar-refractivity contribution in [3.05, 3.63) is 39.8 Å². The lowest BCUT2D eigenvalue weighted by Gasteiger charge is -2.38. The minimum absolute atomic E-state index is 0.0487. The molecule has 1 saturated carbocycles. The van der Waals surface area contributed by atoms with Gasteiger partial charge in [-0.3, -0.25) is 4.79 Å². The lowest BCUT2D eigenvalue weighted by molar-refractivity contribution is 0.0834. The summed E-state index contributed by atoms with van der Waals surface area (Å²) in [5.74, 6) is 0.597. The Morgan fingerprint density at radius 2 is 2.17 bits per heavy atom. The van der Waals surface area contributed by atoms with E-state index in [9.17, 15) is 9.90 Å². The maximum atomic E-state index is 11.8. The van der Waals surface area contributed by atoms with Gasteiger partial charge in [-0.05, 0) is 62.6 Å². The molecule has 0 spiro atoms. The van der Waals surface area contributed by atoms with Gasteiger partial charge >= 0.3 is 0 Å². The van der Waals surface area contributed by atoms with Crippen molar-refractivity contribution >= 4 is 22.4 Å². The van der Waals surface area contributed by atoms with Crippen molar-refractivity contribution in [2.75, 3.05) is 0 Å². The number of H-pyrrole nitrogens is 1. The maximum absolute atomic E-state index is 11.8. The second-order valence-corrected chi connectivity index (χ2v) is 7.32. The molecule has 24 heavy (non-hydrogen) atoms. The van der Waals surface area contributed by atoms with Crippen molar-refractivity contribution in [3.63, 3.8) is 0 Å². The van der Waals surface area contributed by atoms with Gasteiger partial charge in [-0.15, -0.1) is 0 Å². The number of benzene rings is 1. The average molecular weight is 351 g/mol. The number of aliphatic hydroxyl groups excluding tert-OH is 1. The van der Waals surface area contributed by atoms with E-state index in [2.05, 4.69) is 4.98 Å². The molecule has 0 amide bonds. The normalized spacial score (nSPS) is 25.6. The number of nitrogens with one attached hydrogen (secondary N) is 1. The molecular weight excluding hydrogens is 328 g/mol. The van der Waals surface area contributed by atoms with Crippen molar-refractivity contribution in [1.29, 1.82) is 0 Å². The van der Waals surface area contributed by atoms with Crippen LogP contribution in [0, 0.1) is 0 Å². The molecule has 1 fully saturated rings. The molecule has 1 aliphatic carbocycles. The van der Waals surface area contributed by atoms with E-state index in [0.717, 1.165) is 31.1 Å². The Bertz CT molecular complexity index is 779. The molecule has 2 aromatic rings. The van der Waals surface area contributed by atoms with E-state index >= 15 is 0 Å². The zero-order valence-corrected chi connectivity index (χ0v) is 14.5. The van der Waals surface area contributed by atoms with E-state index in [-0.39, 0.29) is 23.3 Å². The van der Waals surface area contributed by atoms with E-state index < -0.39 is 0 Å². The molecule has 1 aliphatic rings. The summed E-state index contributed by atoms with van der Waals surface area (Å²) in [6.07, 6.45) is 5.16. The van der Waals surface area contributed by atoms with Crippen LogP contribution in [0.1, 0.15) is 39.0 Å². The summed E-state index contributed by atoms with van der Waals surface area (Å²) in [7, 11) is 0. The van der Waals surface area contributed by atoms with Crippen LogP contribution in [-0.2, 0) is 0 Å². The fraction of sp³-hybridized carbons (Fsp3) is 0.500. The zero-order chi connectivity index (χ0) is 17.3. The molecule has 0 bridgehead atoms. The topological polar surface area (TPSA) is 88.3 Å². The lowest BCUT2D eigenvalue weighted by Crippen LogP contribution is -2.47. The summed E-state index contributed by atoms with van der Waals surface area (Å²) in [5.41, 5.74) is 5.88. The molecular formula is C18H23ClN2O3. The number of hydrogen-bond acceptors (Lipinski definition) is 4. The predicted octanol–water partition coefficient (Wildman–Crippen LogP) is 2.97. The van der Waals surface area contributed by atoms with Gasteiger partial charge in [-0.1, -0.05) is 11.6 Å². The summed E-state index contributed by atoms with van der Waals surface area (Å²) >= 11 is 6.28. The number of pyridine rings is 1. The molecule has 0 saturated heterocycles. The fourth-order valence-corrected chi connectivity index (χ4v) is 3.74. The van der Waals surface area contributed by atoms with Crippen molar-refractivity contribution < 1.29 is 9.84 Å². The van der Waals surface area contributed by atoms with Gasteiger partial charge in [0.05, 0.1) is 17.2 Å². The van der Waals surface area contributed by atoms with E-state index in [0.29, 0.717) is 22.6 Å². The molecule has 5 nitrogen and oxygen atoms in total. The predicted molar refractivity (Wildman–Crippen MR) is 95.7 cm³/mol. The van der Waals surface area contributed by atoms with Crippen LogP contribution in [0.15, 0.2) is 29.2 Å². The van der Waals surface area contributed by atoms with Gasteiger partial charge in [0.1, 0.15) is 5.75 Å². The Labute approximate surface area is 145 Å². The van der Waals surface area contributed by atoms with Crippen LogP contribution >= 0.6 is 11.6 Å². The molecule has 1 atom stereocenters. The van der Waals surface area contributed by atoms with E-state index in [1.807, 2.05) is 12.1 Å². The monoisotopic (exact) mass is 350 g/mol. The second-order valence-electron chi connectivity index (χ2n) is 6.91. The number of aromatic amines is 1. The Morgan fingerprint density at radius 1 is 1.46 bits per heavy atom. The highest BCUT2D eigenvalue weighted by molar-refractivity contribution is 6.32. The summed E-state index contributed by atoms with van der Waals surface area (Å²) in [6, 6.07) is 5.29. The lowest BCUT2D eigenvalue weighted by atomic mass is 9.78. The molecule has 1 heterocycles. The molecule has 130 valence electrons. The number of aromatic nitrogens is 1. The first-order valence-corrected chi connectivity index (χ1v) is 8.69. The minimum Gasteiger partial charge on any atom is -0.489 e. The van der Waals surface area contributed by atoms with E-state index in [4.69, 9.17) is 22.1 Å². The highest BCUT2D eigenvalue weighted by atomic mass is 35.5. The molecule has 4 N–H and O–H groups in total. The van der Waals surface area contributed by atoms with Gasteiger partial charge in [0.2, 0.25) is 0 Å². The molecule has 0 aliphatic heterocycles. The first kappa shape index (κ1) is 17.3. The van der Waals surface area contributed by atoms with Crippen LogP contribution < -0.4 is 16.0 Å². The Morgan fingerprint density at radius 3 is 2.83 bits per heavy atom. The van der Waals surface area contributed by atoms with Crippen LogP contribution in [0.2, 0.25) is 5.02 Å². The SMILES string of the molecule is CC(O)CC1(N)CCC(Oc2cc3cc[nH]c(=O)c3cc2Cl)CC1. The van der Waals surface area contributed by atoms with Gasteiger partial charge in [0, 0.05) is 17.1 Å². The van der Waals surface area contributed by atoms with Crippen LogP contribution in [-0.4, -0.2) is 27.8 Å². The van der Waals surface area contributed by atoms with Gasteiger partial charge in [-0.2, -0.15) is 0 Å². The number of aliphatic hydroxyl groups is 1. The summed E-state index contributed by atoms with van der Waals surface area (Å²) in [6.45, 7) is 1.77. The summed E-state index contributed by atoms with van der Waals surface area (Å²) in [4.78, 5) is 14.4. The molecule has 1 unspecified atom stereocenters. The largest absolute Gasteiger partial charge is 0.489 e. The highest BCUT2D eigenvalue weighted by Crippen LogP contribution is 2.35. The number of hydrogen-bond donors (Lipinski definition) is 3. The third-order valence-electron chi connectivity index (χ3n) is 4.75. The van der Waals surface area contributed by atoms with Crippen LogP contribution in [0.5, 0.6) is 5.75 Å². The average Bonchev–Trinajstić information content (AvgIpc) is 2.51. The Hall–Kier alpha value is -1.56. The number of fused-ring (bicyclic) bond motifs is 1. The zero-order valence-electron chi connectivity index (χ0n) is 13.7. The molecule has 1 aromatic carbocycles. The fourth-order valence-electron chi connectivity index (χ4n) is 3.53. The first-order chi connectivity index (χ1) is 11.4. The maximum Gasteiger partial charge on any atom is 0.255 e. The van der Waals surface area contributed by atoms with Crippen molar-refractivity contribution in [1.82, 2.24) is 4.98 Å². The number of rotatable bonds is 4. The third-order valence-corrected chi connectivity index (χ3v) is 5.05. The Balaban J connectivity index is 1.72. The van der Waals surface area contributed by atoms with Crippen LogP contribution in [0.25, 0.3) is 10.8 Å². The van der Waals surface area contributed by atoms with Crippen molar-refractivity contribution in [2.45, 2.75) is 56.8 Å². The van der Waals surface area contributed by atoms with Crippen molar-refractivity contribution in [2.24, 2.45) is 5.73 Å².